The van der Waals surface area contributed by atoms with Crippen LogP contribution in [0.3, 0.4) is 0 Å². The summed E-state index contributed by atoms with van der Waals surface area (Å²) < 4.78 is 27.9. The number of aromatic nitrogens is 3. The molecule has 0 bridgehead atoms. The second-order valence-corrected chi connectivity index (χ2v) is 7.35. The maximum Gasteiger partial charge on any atom is 0.509 e. The SMILES string of the molecule is CC(C)COC(=O)OC[C@@]1(C#N)O[C@@H](c2ccc3c(N)ncnn23)C2OC(=O)OC21. The van der Waals surface area contributed by atoms with E-state index in [1.165, 1.54) is 10.8 Å². The topological polar surface area (TPSA) is 160 Å². The van der Waals surface area contributed by atoms with Crippen LogP contribution in [0.25, 0.3) is 5.52 Å². The molecule has 0 amide bonds. The van der Waals surface area contributed by atoms with Crippen molar-refractivity contribution in [3.05, 3.63) is 24.2 Å². The van der Waals surface area contributed by atoms with Gasteiger partial charge in [-0.05, 0) is 18.1 Å². The molecule has 0 saturated carbocycles. The van der Waals surface area contributed by atoms with E-state index >= 15 is 0 Å². The molecule has 2 aliphatic heterocycles. The summed E-state index contributed by atoms with van der Waals surface area (Å²) in [5.41, 5.74) is 5.05. The number of nitrogen functional groups attached to an aromatic ring is 1. The Bertz CT molecular complexity index is 1030. The van der Waals surface area contributed by atoms with Crippen molar-refractivity contribution in [2.24, 2.45) is 5.92 Å². The molecule has 2 aromatic heterocycles. The first-order chi connectivity index (χ1) is 14.3. The van der Waals surface area contributed by atoms with Crippen molar-refractivity contribution in [3.63, 3.8) is 0 Å². The van der Waals surface area contributed by atoms with Gasteiger partial charge in [-0.25, -0.2) is 19.1 Å². The second-order valence-electron chi connectivity index (χ2n) is 7.35. The first kappa shape index (κ1) is 19.7. The van der Waals surface area contributed by atoms with E-state index in [0.29, 0.717) is 11.2 Å². The number of carbonyl (C=O) groups excluding carboxylic acids is 2. The zero-order chi connectivity index (χ0) is 21.5. The average molecular weight is 417 g/mol. The van der Waals surface area contributed by atoms with Gasteiger partial charge in [0.2, 0.25) is 5.60 Å². The fourth-order valence-corrected chi connectivity index (χ4v) is 3.41. The Balaban J connectivity index is 1.61. The Kier molecular flexibility index (Phi) is 4.83. The quantitative estimate of drug-likeness (QED) is 0.699. The van der Waals surface area contributed by atoms with Crippen molar-refractivity contribution in [3.8, 4) is 6.07 Å². The van der Waals surface area contributed by atoms with Gasteiger partial charge >= 0.3 is 12.3 Å². The van der Waals surface area contributed by atoms with Gasteiger partial charge in [0.05, 0.1) is 12.3 Å². The standard InChI is InChI=1S/C18H19N5O7/c1-9(2)5-26-16(24)27-7-18(6-19)14-13(28-17(25)29-14)12(30-18)10-3-4-11-15(20)21-8-22-23(10)11/h3-4,8-9,12-14H,5,7H2,1-2H3,(H2,20,21,22)/t12-,13?,14?,18+/m0/s1. The molecule has 0 radical (unpaired) electrons. The summed E-state index contributed by atoms with van der Waals surface area (Å²) in [5.74, 6) is 0.355. The van der Waals surface area contributed by atoms with Gasteiger partial charge in [-0.2, -0.15) is 10.4 Å². The summed E-state index contributed by atoms with van der Waals surface area (Å²) in [4.78, 5) is 27.6. The molecule has 2 unspecified atom stereocenters. The highest BCUT2D eigenvalue weighted by molar-refractivity contribution is 5.66. The second kappa shape index (κ2) is 7.34. The number of carbonyl (C=O) groups is 2. The highest BCUT2D eigenvalue weighted by Crippen LogP contribution is 2.46. The van der Waals surface area contributed by atoms with Crippen molar-refractivity contribution >= 4 is 23.6 Å². The van der Waals surface area contributed by atoms with Crippen LogP contribution in [0.4, 0.5) is 15.4 Å². The normalized spacial score (nSPS) is 27.4. The molecule has 158 valence electrons. The first-order valence-electron chi connectivity index (χ1n) is 9.18. The third-order valence-corrected chi connectivity index (χ3v) is 4.78. The zero-order valence-corrected chi connectivity index (χ0v) is 16.2. The third-order valence-electron chi connectivity index (χ3n) is 4.78. The van der Waals surface area contributed by atoms with Gasteiger partial charge in [-0.3, -0.25) is 0 Å². The number of nitrogens with zero attached hydrogens (tertiary/aromatic N) is 4. The minimum absolute atomic E-state index is 0.111. The molecule has 4 heterocycles. The molecule has 2 N–H and O–H groups in total. The molecule has 12 heteroatoms. The Morgan fingerprint density at radius 3 is 2.93 bits per heavy atom. The lowest BCUT2D eigenvalue weighted by atomic mass is 9.96. The highest BCUT2D eigenvalue weighted by Gasteiger charge is 2.65. The van der Waals surface area contributed by atoms with Gasteiger partial charge in [-0.15, -0.1) is 0 Å². The van der Waals surface area contributed by atoms with E-state index < -0.39 is 42.8 Å². The summed E-state index contributed by atoms with van der Waals surface area (Å²) in [7, 11) is 0. The number of ether oxygens (including phenoxy) is 5. The van der Waals surface area contributed by atoms with Crippen molar-refractivity contribution in [2.45, 2.75) is 37.8 Å². The summed E-state index contributed by atoms with van der Waals surface area (Å²) in [5, 5.41) is 14.0. The largest absolute Gasteiger partial charge is 0.509 e. The number of nitriles is 1. The highest BCUT2D eigenvalue weighted by atomic mass is 16.8. The molecule has 2 saturated heterocycles. The van der Waals surface area contributed by atoms with Crippen LogP contribution in [0, 0.1) is 17.2 Å². The molecule has 12 nitrogen and oxygen atoms in total. The van der Waals surface area contributed by atoms with Crippen LogP contribution in [0.2, 0.25) is 0 Å². The van der Waals surface area contributed by atoms with Crippen LogP contribution < -0.4 is 5.73 Å². The molecule has 4 atom stereocenters. The van der Waals surface area contributed by atoms with Gasteiger partial charge < -0.3 is 29.4 Å². The molecule has 30 heavy (non-hydrogen) atoms. The fraction of sp³-hybridized carbons (Fsp3) is 0.500. The Morgan fingerprint density at radius 2 is 2.20 bits per heavy atom. The maximum atomic E-state index is 11.9. The third kappa shape index (κ3) is 3.22. The molecule has 0 spiro atoms. The molecule has 0 aromatic carbocycles. The summed E-state index contributed by atoms with van der Waals surface area (Å²) in [6.45, 7) is 3.37. The minimum Gasteiger partial charge on any atom is -0.434 e. The lowest BCUT2D eigenvalue weighted by Crippen LogP contribution is -2.45. The zero-order valence-electron chi connectivity index (χ0n) is 16.2. The first-order valence-corrected chi connectivity index (χ1v) is 9.18. The van der Waals surface area contributed by atoms with Gasteiger partial charge in [0.25, 0.3) is 0 Å². The van der Waals surface area contributed by atoms with Crippen molar-refractivity contribution < 1.29 is 33.3 Å². The van der Waals surface area contributed by atoms with Crippen LogP contribution in [0.5, 0.6) is 0 Å². The summed E-state index contributed by atoms with van der Waals surface area (Å²) in [6, 6.07) is 5.30. The number of anilines is 1. The van der Waals surface area contributed by atoms with E-state index in [1.807, 2.05) is 19.9 Å². The van der Waals surface area contributed by atoms with Gasteiger partial charge in [0, 0.05) is 0 Å². The molecule has 2 fully saturated rings. The van der Waals surface area contributed by atoms with E-state index in [9.17, 15) is 14.9 Å². The van der Waals surface area contributed by atoms with Crippen LogP contribution in [0.1, 0.15) is 25.6 Å². The van der Waals surface area contributed by atoms with E-state index in [2.05, 4.69) is 10.1 Å². The Hall–Kier alpha value is -3.59. The molecule has 2 aromatic rings. The molecular formula is C18H19N5O7. The fourth-order valence-electron chi connectivity index (χ4n) is 3.41. The number of fused-ring (bicyclic) bond motifs is 2. The summed E-state index contributed by atoms with van der Waals surface area (Å²) >= 11 is 0. The van der Waals surface area contributed by atoms with Crippen LogP contribution >= 0.6 is 0 Å². The number of hydrogen-bond acceptors (Lipinski definition) is 11. The van der Waals surface area contributed by atoms with Crippen LogP contribution in [0.15, 0.2) is 18.5 Å². The van der Waals surface area contributed by atoms with Crippen molar-refractivity contribution in [1.29, 1.82) is 5.26 Å². The van der Waals surface area contributed by atoms with Gasteiger partial charge in [0.1, 0.15) is 30.6 Å². The Labute approximate surface area is 170 Å². The smallest absolute Gasteiger partial charge is 0.434 e. The predicted molar refractivity (Wildman–Crippen MR) is 96.8 cm³/mol. The molecular weight excluding hydrogens is 398 g/mol. The van der Waals surface area contributed by atoms with E-state index in [0.717, 1.165) is 0 Å². The van der Waals surface area contributed by atoms with Crippen LogP contribution in [-0.2, 0) is 23.7 Å². The van der Waals surface area contributed by atoms with Crippen molar-refractivity contribution in [1.82, 2.24) is 14.6 Å². The minimum atomic E-state index is -1.79. The van der Waals surface area contributed by atoms with Crippen molar-refractivity contribution in [2.75, 3.05) is 18.9 Å². The molecule has 4 rings (SSSR count). The monoisotopic (exact) mass is 417 g/mol. The van der Waals surface area contributed by atoms with E-state index in [-0.39, 0.29) is 18.3 Å². The van der Waals surface area contributed by atoms with Gasteiger partial charge in [0.15, 0.2) is 18.0 Å². The van der Waals surface area contributed by atoms with Crippen LogP contribution in [-0.4, -0.2) is 57.9 Å². The van der Waals surface area contributed by atoms with E-state index in [4.69, 9.17) is 29.4 Å². The number of nitrogens with two attached hydrogens (primary N) is 1. The molecule has 0 aliphatic carbocycles. The number of hydrogen-bond donors (Lipinski definition) is 1. The van der Waals surface area contributed by atoms with Gasteiger partial charge in [-0.1, -0.05) is 13.8 Å². The lowest BCUT2D eigenvalue weighted by Gasteiger charge is -2.24. The summed E-state index contributed by atoms with van der Waals surface area (Å²) in [6.07, 6.45) is -3.64. The van der Waals surface area contributed by atoms with E-state index in [1.54, 1.807) is 12.1 Å². The molecule has 2 aliphatic rings. The predicted octanol–water partition coefficient (Wildman–Crippen LogP) is 1.36. The number of rotatable bonds is 5. The lowest BCUT2D eigenvalue weighted by molar-refractivity contribution is -0.0954. The average Bonchev–Trinajstić information content (AvgIpc) is 3.38. The Morgan fingerprint density at radius 1 is 1.40 bits per heavy atom. The maximum absolute atomic E-state index is 11.9.